The van der Waals surface area contributed by atoms with Gasteiger partial charge in [0.1, 0.15) is 11.7 Å². The van der Waals surface area contributed by atoms with E-state index in [4.69, 9.17) is 19.5 Å². The SMILES string of the molecule is CC(C)C(=O)OCCC(C)(C)COS(=O)(=O)N1C(=O)[C@@H](NC(=O)C(=NOC(C)(C)C(=O)O)c2csc(N)n2)[C@@H]1C. The van der Waals surface area contributed by atoms with E-state index in [1.165, 1.54) is 26.2 Å². The normalized spacial score (nSPS) is 18.4. The molecule has 224 valence electrons. The molecule has 1 fully saturated rings. The number of hydrogen-bond acceptors (Lipinski definition) is 13. The average Bonchev–Trinajstić information content (AvgIpc) is 3.26. The molecule has 15 nitrogen and oxygen atoms in total. The molecule has 0 aliphatic carbocycles. The van der Waals surface area contributed by atoms with Crippen LogP contribution >= 0.6 is 11.3 Å². The Morgan fingerprint density at radius 3 is 2.40 bits per heavy atom. The second kappa shape index (κ2) is 12.5. The van der Waals surface area contributed by atoms with Gasteiger partial charge in [0.25, 0.3) is 11.8 Å². The summed E-state index contributed by atoms with van der Waals surface area (Å²) in [6.07, 6.45) is 0.313. The molecule has 2 atom stereocenters. The third-order valence-electron chi connectivity index (χ3n) is 5.82. The largest absolute Gasteiger partial charge is 0.478 e. The summed E-state index contributed by atoms with van der Waals surface area (Å²) in [4.78, 5) is 57.7. The minimum Gasteiger partial charge on any atom is -0.478 e. The first kappa shape index (κ1) is 32.9. The third kappa shape index (κ3) is 8.11. The summed E-state index contributed by atoms with van der Waals surface area (Å²) in [6.45, 7) is 10.4. The van der Waals surface area contributed by atoms with Gasteiger partial charge in [0.15, 0.2) is 10.8 Å². The molecule has 0 saturated carbocycles. The number of nitrogens with zero attached hydrogens (tertiary/aromatic N) is 3. The lowest BCUT2D eigenvalue weighted by molar-refractivity contribution is -0.161. The smallest absolute Gasteiger partial charge is 0.365 e. The van der Waals surface area contributed by atoms with E-state index in [0.29, 0.717) is 10.7 Å². The van der Waals surface area contributed by atoms with E-state index < -0.39 is 56.9 Å². The van der Waals surface area contributed by atoms with Crippen LogP contribution in [-0.2, 0) is 43.2 Å². The number of aromatic nitrogens is 1. The highest BCUT2D eigenvalue weighted by Gasteiger charge is 2.53. The van der Waals surface area contributed by atoms with Crippen molar-refractivity contribution in [3.8, 4) is 0 Å². The molecule has 40 heavy (non-hydrogen) atoms. The van der Waals surface area contributed by atoms with Crippen LogP contribution in [0.2, 0.25) is 0 Å². The molecule has 0 unspecified atom stereocenters. The molecule has 1 aliphatic rings. The van der Waals surface area contributed by atoms with Crippen LogP contribution in [0, 0.1) is 11.3 Å². The van der Waals surface area contributed by atoms with E-state index in [9.17, 15) is 32.7 Å². The molecule has 0 bridgehead atoms. The number of aliphatic carboxylic acids is 1. The Labute approximate surface area is 236 Å². The topological polar surface area (TPSA) is 217 Å². The number of carbonyl (C=O) groups is 4. The van der Waals surface area contributed by atoms with Gasteiger partial charge < -0.3 is 25.7 Å². The number of nitrogens with one attached hydrogen (secondary N) is 1. The Kier molecular flexibility index (Phi) is 10.3. The summed E-state index contributed by atoms with van der Waals surface area (Å²) >= 11 is 0.986. The maximum atomic E-state index is 13.0. The molecule has 0 aromatic carbocycles. The van der Waals surface area contributed by atoms with Gasteiger partial charge in [0.2, 0.25) is 5.60 Å². The number of thiazole rings is 1. The van der Waals surface area contributed by atoms with Gasteiger partial charge in [-0.3, -0.25) is 18.6 Å². The molecule has 0 spiro atoms. The molecule has 2 rings (SSSR count). The fourth-order valence-corrected chi connectivity index (χ4v) is 5.05. The Hall–Kier alpha value is -3.31. The fraction of sp³-hybridized carbons (Fsp3) is 0.652. The second-order valence-electron chi connectivity index (χ2n) is 10.7. The lowest BCUT2D eigenvalue weighted by atomic mass is 9.91. The molecular formula is C23H35N5O10S2. The number of ether oxygens (including phenoxy) is 1. The van der Waals surface area contributed by atoms with Gasteiger partial charge in [0, 0.05) is 5.38 Å². The molecule has 1 aromatic heterocycles. The molecule has 1 aromatic rings. The number of carbonyl (C=O) groups excluding carboxylic acids is 3. The van der Waals surface area contributed by atoms with E-state index in [0.717, 1.165) is 11.3 Å². The van der Waals surface area contributed by atoms with Crippen molar-refractivity contribution >= 4 is 56.2 Å². The molecule has 2 amide bonds. The van der Waals surface area contributed by atoms with Gasteiger partial charge in [-0.2, -0.15) is 8.42 Å². The predicted molar refractivity (Wildman–Crippen MR) is 143 cm³/mol. The van der Waals surface area contributed by atoms with Crippen molar-refractivity contribution in [3.63, 3.8) is 0 Å². The van der Waals surface area contributed by atoms with E-state index in [2.05, 4.69) is 15.5 Å². The highest BCUT2D eigenvalue weighted by atomic mass is 32.2. The number of esters is 1. The van der Waals surface area contributed by atoms with Crippen molar-refractivity contribution < 1.29 is 46.5 Å². The number of carboxylic acid groups (broad SMARTS) is 1. The Bertz CT molecular complexity index is 1270. The van der Waals surface area contributed by atoms with Crippen molar-refractivity contribution in [2.24, 2.45) is 16.5 Å². The maximum Gasteiger partial charge on any atom is 0.365 e. The highest BCUT2D eigenvalue weighted by molar-refractivity contribution is 7.85. The zero-order valence-electron chi connectivity index (χ0n) is 23.3. The highest BCUT2D eigenvalue weighted by Crippen LogP contribution is 2.28. The number of β-lactam (4-membered cyclic amide) rings is 1. The standard InChI is InChI=1S/C23H35N5O10S2/c1-12(2)19(31)36-9-8-22(4,5)11-37-40(34,35)28-13(3)15(18(28)30)26-17(29)16(14-10-39-21(24)25-14)27-38-23(6,7)20(32)33/h10,12-13,15H,8-9,11H2,1-7H3,(H2,24,25)(H,26,29)(H,32,33)/t13-,15-/m0/s1. The molecule has 1 saturated heterocycles. The summed E-state index contributed by atoms with van der Waals surface area (Å²) in [6, 6.07) is -2.28. The molecule has 1 aliphatic heterocycles. The van der Waals surface area contributed by atoms with E-state index in [1.807, 2.05) is 0 Å². The van der Waals surface area contributed by atoms with Gasteiger partial charge in [-0.1, -0.05) is 32.9 Å². The van der Waals surface area contributed by atoms with Crippen LogP contribution in [0.3, 0.4) is 0 Å². The summed E-state index contributed by atoms with van der Waals surface area (Å²) in [5, 5.41) is 16.7. The van der Waals surface area contributed by atoms with Crippen LogP contribution < -0.4 is 11.1 Å². The van der Waals surface area contributed by atoms with Crippen LogP contribution in [0.25, 0.3) is 0 Å². The lowest BCUT2D eigenvalue weighted by Gasteiger charge is -2.43. The zero-order chi connectivity index (χ0) is 30.6. The fourth-order valence-electron chi connectivity index (χ4n) is 3.06. The van der Waals surface area contributed by atoms with Gasteiger partial charge in [-0.15, -0.1) is 11.3 Å². The first-order valence-corrected chi connectivity index (χ1v) is 14.4. The number of rotatable bonds is 14. The lowest BCUT2D eigenvalue weighted by Crippen LogP contribution is -2.71. The number of nitrogens with two attached hydrogens (primary N) is 1. The summed E-state index contributed by atoms with van der Waals surface area (Å²) < 4.78 is 36.3. The van der Waals surface area contributed by atoms with E-state index >= 15 is 0 Å². The molecule has 17 heteroatoms. The minimum absolute atomic E-state index is 0.0327. The summed E-state index contributed by atoms with van der Waals surface area (Å²) in [5.74, 6) is -3.93. The number of nitrogen functional groups attached to an aromatic ring is 1. The van der Waals surface area contributed by atoms with E-state index in [-0.39, 0.29) is 35.9 Å². The van der Waals surface area contributed by atoms with Crippen molar-refractivity contribution in [2.75, 3.05) is 18.9 Å². The second-order valence-corrected chi connectivity index (χ2v) is 13.1. The zero-order valence-corrected chi connectivity index (χ0v) is 24.9. The number of hydrogen-bond donors (Lipinski definition) is 3. The van der Waals surface area contributed by atoms with Crippen LogP contribution in [0.5, 0.6) is 0 Å². The quantitative estimate of drug-likeness (QED) is 0.117. The number of anilines is 1. The van der Waals surface area contributed by atoms with E-state index in [1.54, 1.807) is 27.7 Å². The number of amides is 2. The molecule has 4 N–H and O–H groups in total. The first-order chi connectivity index (χ1) is 18.3. The monoisotopic (exact) mass is 605 g/mol. The molecular weight excluding hydrogens is 570 g/mol. The van der Waals surface area contributed by atoms with Crippen LogP contribution in [0.15, 0.2) is 10.5 Å². The third-order valence-corrected chi connectivity index (χ3v) is 7.90. The van der Waals surface area contributed by atoms with Crippen LogP contribution in [0.4, 0.5) is 5.13 Å². The summed E-state index contributed by atoms with van der Waals surface area (Å²) in [5.41, 5.74) is 2.64. The number of oxime groups is 1. The van der Waals surface area contributed by atoms with Crippen molar-refractivity contribution in [1.82, 2.24) is 14.6 Å². The summed E-state index contributed by atoms with van der Waals surface area (Å²) in [7, 11) is -4.51. The molecule has 2 heterocycles. The van der Waals surface area contributed by atoms with Crippen LogP contribution in [-0.4, -0.2) is 83.2 Å². The average molecular weight is 606 g/mol. The first-order valence-electron chi connectivity index (χ1n) is 12.2. The Morgan fingerprint density at radius 2 is 1.90 bits per heavy atom. The van der Waals surface area contributed by atoms with Gasteiger partial charge in [-0.25, -0.2) is 14.1 Å². The van der Waals surface area contributed by atoms with Crippen molar-refractivity contribution in [2.45, 2.75) is 72.6 Å². The van der Waals surface area contributed by atoms with Crippen LogP contribution in [0.1, 0.15) is 60.6 Å². The van der Waals surface area contributed by atoms with Gasteiger partial charge in [0.05, 0.1) is 25.2 Å². The molecule has 0 radical (unpaired) electrons. The van der Waals surface area contributed by atoms with Gasteiger partial charge >= 0.3 is 22.2 Å². The Morgan fingerprint density at radius 1 is 1.27 bits per heavy atom. The predicted octanol–water partition coefficient (Wildman–Crippen LogP) is 0.902. The van der Waals surface area contributed by atoms with Crippen molar-refractivity contribution in [1.29, 1.82) is 0 Å². The maximum absolute atomic E-state index is 13.0. The van der Waals surface area contributed by atoms with Gasteiger partial charge in [-0.05, 0) is 32.6 Å². The minimum atomic E-state index is -4.51. The Balaban J connectivity index is 2.07. The number of carboxylic acids is 1. The van der Waals surface area contributed by atoms with Crippen molar-refractivity contribution in [3.05, 3.63) is 11.1 Å².